The number of carboxylic acids is 1. The van der Waals surface area contributed by atoms with Crippen molar-refractivity contribution in [3.8, 4) is 5.75 Å². The summed E-state index contributed by atoms with van der Waals surface area (Å²) in [7, 11) is 0. The monoisotopic (exact) mass is 269 g/mol. The van der Waals surface area contributed by atoms with Crippen molar-refractivity contribution in [1.29, 1.82) is 0 Å². The number of hydrogen-bond acceptors (Lipinski definition) is 4. The highest BCUT2D eigenvalue weighted by Crippen LogP contribution is 2.20. The van der Waals surface area contributed by atoms with E-state index in [1.165, 1.54) is 0 Å². The molecule has 3 N–H and O–H groups in total. The van der Waals surface area contributed by atoms with Gasteiger partial charge in [-0.3, -0.25) is 9.59 Å². The first-order valence-electron chi connectivity index (χ1n) is 5.59. The van der Waals surface area contributed by atoms with Crippen LogP contribution < -0.4 is 5.32 Å². The fraction of sp³-hybridized carbons (Fsp3) is 0.333. The molecule has 19 heavy (non-hydrogen) atoms. The highest BCUT2D eigenvalue weighted by molar-refractivity contribution is 5.97. The van der Waals surface area contributed by atoms with Crippen LogP contribution in [0.1, 0.15) is 10.4 Å². The molecule has 6 nitrogen and oxygen atoms in total. The third kappa shape index (κ3) is 2.82. The average Bonchev–Trinajstić information content (AvgIpc) is 2.76. The van der Waals surface area contributed by atoms with Crippen LogP contribution in [0.15, 0.2) is 18.2 Å². The maximum absolute atomic E-state index is 12.8. The van der Waals surface area contributed by atoms with Crippen LogP contribution >= 0.6 is 0 Å². The number of benzene rings is 1. The number of nitrogens with one attached hydrogen (secondary N) is 1. The second kappa shape index (κ2) is 5.23. The van der Waals surface area contributed by atoms with Crippen LogP contribution in [0.2, 0.25) is 0 Å². The quantitative estimate of drug-likeness (QED) is 0.736. The Labute approximate surface area is 107 Å². The van der Waals surface area contributed by atoms with Crippen molar-refractivity contribution < 1.29 is 28.9 Å². The Kier molecular flexibility index (Phi) is 3.66. The van der Waals surface area contributed by atoms with E-state index in [1.807, 2.05) is 0 Å². The lowest BCUT2D eigenvalue weighted by Gasteiger charge is -2.16. The molecule has 0 aliphatic carbocycles. The number of ether oxygens (including phenoxy) is 1. The largest absolute Gasteiger partial charge is 0.507 e. The van der Waals surface area contributed by atoms with Gasteiger partial charge in [0.05, 0.1) is 24.8 Å². The standard InChI is InChI=1S/C12H12FNO5/c13-6-1-2-7(10(15)3-6)11(16)14-9-5-19-4-8(9)12(17)18/h1-3,8-9,15H,4-5H2,(H,14,16)(H,17,18). The third-order valence-corrected chi connectivity index (χ3v) is 2.92. The van der Waals surface area contributed by atoms with Gasteiger partial charge in [0, 0.05) is 6.07 Å². The Balaban J connectivity index is 2.10. The Hall–Kier alpha value is -2.15. The first-order chi connectivity index (χ1) is 8.99. The molecule has 1 fully saturated rings. The molecule has 2 atom stereocenters. The number of hydrogen-bond donors (Lipinski definition) is 3. The van der Waals surface area contributed by atoms with Crippen molar-refractivity contribution in [3.63, 3.8) is 0 Å². The van der Waals surface area contributed by atoms with E-state index >= 15 is 0 Å². The minimum Gasteiger partial charge on any atom is -0.507 e. The molecule has 1 aliphatic rings. The number of amides is 1. The number of carbonyl (C=O) groups excluding carboxylic acids is 1. The zero-order valence-electron chi connectivity index (χ0n) is 9.80. The van der Waals surface area contributed by atoms with E-state index in [-0.39, 0.29) is 18.8 Å². The van der Waals surface area contributed by atoms with E-state index in [2.05, 4.69) is 5.32 Å². The van der Waals surface area contributed by atoms with Gasteiger partial charge in [-0.05, 0) is 12.1 Å². The minimum atomic E-state index is -1.06. The van der Waals surface area contributed by atoms with Crippen molar-refractivity contribution in [2.75, 3.05) is 13.2 Å². The van der Waals surface area contributed by atoms with Gasteiger partial charge in [-0.15, -0.1) is 0 Å². The first-order valence-corrected chi connectivity index (χ1v) is 5.59. The van der Waals surface area contributed by atoms with Gasteiger partial charge in [0.15, 0.2) is 0 Å². The molecule has 2 rings (SSSR count). The lowest BCUT2D eigenvalue weighted by atomic mass is 10.0. The van der Waals surface area contributed by atoms with Crippen molar-refractivity contribution in [2.24, 2.45) is 5.92 Å². The van der Waals surface area contributed by atoms with E-state index in [1.54, 1.807) is 0 Å². The minimum absolute atomic E-state index is 0.0235. The summed E-state index contributed by atoms with van der Waals surface area (Å²) < 4.78 is 17.8. The van der Waals surface area contributed by atoms with E-state index in [0.29, 0.717) is 0 Å². The van der Waals surface area contributed by atoms with Crippen molar-refractivity contribution in [2.45, 2.75) is 6.04 Å². The molecule has 1 aliphatic heterocycles. The molecular formula is C12H12FNO5. The van der Waals surface area contributed by atoms with E-state index < -0.39 is 35.4 Å². The topological polar surface area (TPSA) is 95.9 Å². The summed E-state index contributed by atoms with van der Waals surface area (Å²) in [6.07, 6.45) is 0. The molecule has 102 valence electrons. The lowest BCUT2D eigenvalue weighted by Crippen LogP contribution is -2.42. The van der Waals surface area contributed by atoms with E-state index in [0.717, 1.165) is 18.2 Å². The second-order valence-corrected chi connectivity index (χ2v) is 4.22. The van der Waals surface area contributed by atoms with Crippen LogP contribution in [0, 0.1) is 11.7 Å². The van der Waals surface area contributed by atoms with Crippen LogP contribution in [-0.2, 0) is 9.53 Å². The molecule has 1 amide bonds. The molecule has 0 aromatic heterocycles. The Morgan fingerprint density at radius 3 is 2.74 bits per heavy atom. The van der Waals surface area contributed by atoms with E-state index in [9.17, 15) is 19.1 Å². The van der Waals surface area contributed by atoms with Crippen molar-refractivity contribution in [1.82, 2.24) is 5.32 Å². The molecule has 7 heteroatoms. The van der Waals surface area contributed by atoms with Crippen LogP contribution in [0.4, 0.5) is 4.39 Å². The Morgan fingerprint density at radius 2 is 2.11 bits per heavy atom. The fourth-order valence-electron chi connectivity index (χ4n) is 1.88. The molecule has 0 bridgehead atoms. The summed E-state index contributed by atoms with van der Waals surface area (Å²) in [5, 5.41) is 20.8. The van der Waals surface area contributed by atoms with E-state index in [4.69, 9.17) is 9.84 Å². The number of aromatic hydroxyl groups is 1. The van der Waals surface area contributed by atoms with Crippen LogP contribution in [0.25, 0.3) is 0 Å². The smallest absolute Gasteiger partial charge is 0.311 e. The summed E-state index contributed by atoms with van der Waals surface area (Å²) in [5.74, 6) is -3.72. The lowest BCUT2D eigenvalue weighted by molar-refractivity contribution is -0.142. The summed E-state index contributed by atoms with van der Waals surface area (Å²) in [6.45, 7) is 0.111. The maximum atomic E-state index is 12.8. The van der Waals surface area contributed by atoms with Gasteiger partial charge in [-0.2, -0.15) is 0 Å². The molecule has 0 radical (unpaired) electrons. The number of rotatable bonds is 3. The summed E-state index contributed by atoms with van der Waals surface area (Å²) >= 11 is 0. The number of aliphatic carboxylic acids is 1. The third-order valence-electron chi connectivity index (χ3n) is 2.92. The summed E-state index contributed by atoms with van der Waals surface area (Å²) in [4.78, 5) is 22.8. The summed E-state index contributed by atoms with van der Waals surface area (Å²) in [5.41, 5.74) is -0.113. The Morgan fingerprint density at radius 1 is 1.37 bits per heavy atom. The van der Waals surface area contributed by atoms with Crippen molar-refractivity contribution >= 4 is 11.9 Å². The summed E-state index contributed by atoms with van der Waals surface area (Å²) in [6, 6.07) is 2.31. The van der Waals surface area contributed by atoms with Gasteiger partial charge in [-0.25, -0.2) is 4.39 Å². The zero-order valence-corrected chi connectivity index (χ0v) is 9.80. The molecule has 1 aromatic rings. The predicted molar refractivity (Wildman–Crippen MR) is 61.3 cm³/mol. The molecule has 1 saturated heterocycles. The van der Waals surface area contributed by atoms with Crippen LogP contribution in [0.5, 0.6) is 5.75 Å². The highest BCUT2D eigenvalue weighted by atomic mass is 19.1. The number of carboxylic acid groups (broad SMARTS) is 1. The molecule has 1 heterocycles. The van der Waals surface area contributed by atoms with Gasteiger partial charge in [-0.1, -0.05) is 0 Å². The predicted octanol–water partition coefficient (Wildman–Crippen LogP) is 0.361. The molecule has 2 unspecified atom stereocenters. The van der Waals surface area contributed by atoms with Gasteiger partial charge in [0.2, 0.25) is 0 Å². The number of phenols is 1. The molecule has 1 aromatic carbocycles. The maximum Gasteiger partial charge on any atom is 0.311 e. The van der Waals surface area contributed by atoms with Gasteiger partial charge < -0.3 is 20.3 Å². The normalized spacial score (nSPS) is 22.2. The number of halogens is 1. The molecular weight excluding hydrogens is 257 g/mol. The van der Waals surface area contributed by atoms with Gasteiger partial charge in [0.25, 0.3) is 5.91 Å². The van der Waals surface area contributed by atoms with Gasteiger partial charge >= 0.3 is 5.97 Å². The average molecular weight is 269 g/mol. The zero-order chi connectivity index (χ0) is 14.0. The molecule has 0 spiro atoms. The Bertz CT molecular complexity index is 519. The van der Waals surface area contributed by atoms with Crippen LogP contribution in [-0.4, -0.2) is 41.3 Å². The fourth-order valence-corrected chi connectivity index (χ4v) is 1.88. The van der Waals surface area contributed by atoms with Crippen LogP contribution in [0.3, 0.4) is 0 Å². The number of phenolic OH excluding ortho intramolecular Hbond substituents is 1. The SMILES string of the molecule is O=C(NC1COCC1C(=O)O)c1ccc(F)cc1O. The van der Waals surface area contributed by atoms with Gasteiger partial charge in [0.1, 0.15) is 17.5 Å². The van der Waals surface area contributed by atoms with Crippen molar-refractivity contribution in [3.05, 3.63) is 29.6 Å². The number of carbonyl (C=O) groups is 2. The highest BCUT2D eigenvalue weighted by Gasteiger charge is 2.35. The second-order valence-electron chi connectivity index (χ2n) is 4.22. The first kappa shape index (κ1) is 13.3. The molecule has 0 saturated carbocycles.